The second-order valence-electron chi connectivity index (χ2n) is 6.63. The maximum absolute atomic E-state index is 13.7. The lowest BCUT2D eigenvalue weighted by Crippen LogP contribution is -2.29. The maximum Gasteiger partial charge on any atom is 0.272 e. The second kappa shape index (κ2) is 9.13. The number of hydrogen-bond donors (Lipinski definition) is 1. The molecule has 0 bridgehead atoms. The van der Waals surface area contributed by atoms with E-state index in [0.29, 0.717) is 5.56 Å². The van der Waals surface area contributed by atoms with Gasteiger partial charge in [-0.25, -0.2) is 4.39 Å². The number of nitrogens with zero attached hydrogens (tertiary/aromatic N) is 2. The number of halogens is 1. The lowest BCUT2D eigenvalue weighted by Gasteiger charge is -2.15. The predicted octanol–water partition coefficient (Wildman–Crippen LogP) is 2.67. The van der Waals surface area contributed by atoms with Crippen LogP contribution in [-0.2, 0) is 11.3 Å². The zero-order chi connectivity index (χ0) is 20.8. The largest absolute Gasteiger partial charge is 0.481 e. The molecule has 8 nitrogen and oxygen atoms in total. The Morgan fingerprint density at radius 1 is 1.14 bits per heavy atom. The fourth-order valence-corrected chi connectivity index (χ4v) is 2.98. The first-order valence-corrected chi connectivity index (χ1v) is 9.15. The molecule has 0 atom stereocenters. The number of nitro groups is 1. The lowest BCUT2D eigenvalue weighted by atomic mass is 10.1. The van der Waals surface area contributed by atoms with Crippen molar-refractivity contribution in [3.05, 3.63) is 69.5 Å². The topological polar surface area (TPSA) is 102 Å². The van der Waals surface area contributed by atoms with Crippen LogP contribution in [0.25, 0.3) is 0 Å². The first-order valence-electron chi connectivity index (χ1n) is 9.15. The molecule has 2 amide bonds. The van der Waals surface area contributed by atoms with E-state index in [0.717, 1.165) is 49.7 Å². The van der Waals surface area contributed by atoms with E-state index in [1.54, 1.807) is 24.3 Å². The van der Waals surface area contributed by atoms with Crippen LogP contribution in [0.1, 0.15) is 28.8 Å². The molecule has 0 saturated carbocycles. The summed E-state index contributed by atoms with van der Waals surface area (Å²) in [6.45, 7) is 1.36. The van der Waals surface area contributed by atoms with Gasteiger partial charge in [0, 0.05) is 31.3 Å². The number of carbonyl (C=O) groups excluding carboxylic acids is 2. The van der Waals surface area contributed by atoms with Gasteiger partial charge in [-0.05, 0) is 36.6 Å². The molecule has 0 unspecified atom stereocenters. The number of rotatable bonds is 7. The summed E-state index contributed by atoms with van der Waals surface area (Å²) in [5.41, 5.74) is 1.02. The predicted molar refractivity (Wildman–Crippen MR) is 102 cm³/mol. The van der Waals surface area contributed by atoms with Gasteiger partial charge < -0.3 is 15.0 Å². The Morgan fingerprint density at radius 3 is 2.45 bits per heavy atom. The number of nitrogens with one attached hydrogen (secondary N) is 1. The van der Waals surface area contributed by atoms with Crippen molar-refractivity contribution in [2.75, 3.05) is 19.7 Å². The van der Waals surface area contributed by atoms with E-state index >= 15 is 0 Å². The van der Waals surface area contributed by atoms with E-state index < -0.39 is 28.9 Å². The van der Waals surface area contributed by atoms with Crippen LogP contribution >= 0.6 is 0 Å². The summed E-state index contributed by atoms with van der Waals surface area (Å²) in [4.78, 5) is 35.9. The molecule has 9 heteroatoms. The molecular formula is C20H20FN3O5. The number of amides is 2. The molecule has 0 aromatic heterocycles. The van der Waals surface area contributed by atoms with Gasteiger partial charge >= 0.3 is 0 Å². The molecule has 0 radical (unpaired) electrons. The Morgan fingerprint density at radius 2 is 1.83 bits per heavy atom. The average Bonchev–Trinajstić information content (AvgIpc) is 3.26. The van der Waals surface area contributed by atoms with Gasteiger partial charge in [-0.2, -0.15) is 0 Å². The van der Waals surface area contributed by atoms with Crippen molar-refractivity contribution >= 4 is 17.5 Å². The molecule has 1 aliphatic rings. The molecule has 1 fully saturated rings. The number of likely N-dealkylation sites (tertiary alicyclic amines) is 1. The lowest BCUT2D eigenvalue weighted by molar-refractivity contribution is -0.385. The molecule has 2 aromatic rings. The molecule has 29 heavy (non-hydrogen) atoms. The average molecular weight is 401 g/mol. The van der Waals surface area contributed by atoms with Crippen LogP contribution in [0.5, 0.6) is 5.75 Å². The minimum absolute atomic E-state index is 0.0108. The Labute approximate surface area is 166 Å². The number of non-ortho nitro benzene ring substituents is 1. The van der Waals surface area contributed by atoms with Gasteiger partial charge in [0.25, 0.3) is 17.5 Å². The SMILES string of the molecule is O=C(COc1ccc([N+](=O)[O-])cc1F)NCc1ccc(C(=O)N2CCCC2)cc1. The Bertz CT molecular complexity index is 911. The zero-order valence-corrected chi connectivity index (χ0v) is 15.6. The Balaban J connectivity index is 1.47. The van der Waals surface area contributed by atoms with Gasteiger partial charge in [-0.3, -0.25) is 19.7 Å². The highest BCUT2D eigenvalue weighted by Crippen LogP contribution is 2.22. The quantitative estimate of drug-likeness (QED) is 0.568. The zero-order valence-electron chi connectivity index (χ0n) is 15.6. The van der Waals surface area contributed by atoms with Gasteiger partial charge in [0.2, 0.25) is 0 Å². The van der Waals surface area contributed by atoms with Crippen molar-refractivity contribution in [2.24, 2.45) is 0 Å². The molecule has 1 heterocycles. The molecule has 0 aliphatic carbocycles. The van der Waals surface area contributed by atoms with Gasteiger partial charge in [-0.15, -0.1) is 0 Å². The third-order valence-electron chi connectivity index (χ3n) is 4.57. The molecule has 1 saturated heterocycles. The van der Waals surface area contributed by atoms with Crippen molar-refractivity contribution < 1.29 is 23.6 Å². The number of nitro benzene ring substituents is 1. The molecule has 3 rings (SSSR count). The summed E-state index contributed by atoms with van der Waals surface area (Å²) < 4.78 is 18.8. The number of hydrogen-bond acceptors (Lipinski definition) is 5. The normalized spacial score (nSPS) is 13.2. The highest BCUT2D eigenvalue weighted by Gasteiger charge is 2.19. The van der Waals surface area contributed by atoms with E-state index in [2.05, 4.69) is 5.32 Å². The van der Waals surface area contributed by atoms with Crippen LogP contribution in [0, 0.1) is 15.9 Å². The highest BCUT2D eigenvalue weighted by molar-refractivity contribution is 5.94. The van der Waals surface area contributed by atoms with Crippen molar-refractivity contribution in [1.29, 1.82) is 0 Å². The molecule has 152 valence electrons. The van der Waals surface area contributed by atoms with Crippen molar-refractivity contribution in [3.8, 4) is 5.75 Å². The van der Waals surface area contributed by atoms with Crippen molar-refractivity contribution in [1.82, 2.24) is 10.2 Å². The monoisotopic (exact) mass is 401 g/mol. The van der Waals surface area contributed by atoms with Gasteiger partial charge in [0.1, 0.15) is 0 Å². The van der Waals surface area contributed by atoms with Crippen LogP contribution in [-0.4, -0.2) is 41.3 Å². The van der Waals surface area contributed by atoms with E-state index in [1.807, 2.05) is 4.90 Å². The van der Waals surface area contributed by atoms with E-state index in [9.17, 15) is 24.1 Å². The summed E-state index contributed by atoms with van der Waals surface area (Å²) >= 11 is 0. The second-order valence-corrected chi connectivity index (χ2v) is 6.63. The minimum atomic E-state index is -0.912. The van der Waals surface area contributed by atoms with Crippen LogP contribution < -0.4 is 10.1 Å². The fraction of sp³-hybridized carbons (Fsp3) is 0.300. The molecule has 0 spiro atoms. The van der Waals surface area contributed by atoms with Crippen LogP contribution in [0.2, 0.25) is 0 Å². The first kappa shape index (κ1) is 20.2. The third kappa shape index (κ3) is 5.28. The van der Waals surface area contributed by atoms with Crippen LogP contribution in [0.4, 0.5) is 10.1 Å². The van der Waals surface area contributed by atoms with Crippen molar-refractivity contribution in [2.45, 2.75) is 19.4 Å². The standard InChI is InChI=1S/C20H20FN3O5/c21-17-11-16(24(27)28)7-8-18(17)29-13-19(25)22-12-14-3-5-15(6-4-14)20(26)23-9-1-2-10-23/h3-8,11H,1-2,9-10,12-13H2,(H,22,25). The number of benzene rings is 2. The molecule has 1 N–H and O–H groups in total. The van der Waals surface area contributed by atoms with Crippen molar-refractivity contribution in [3.63, 3.8) is 0 Å². The van der Waals surface area contributed by atoms with Crippen LogP contribution in [0.3, 0.4) is 0 Å². The van der Waals surface area contributed by atoms with E-state index in [-0.39, 0.29) is 18.2 Å². The minimum Gasteiger partial charge on any atom is -0.481 e. The highest BCUT2D eigenvalue weighted by atomic mass is 19.1. The summed E-state index contributed by atoms with van der Waals surface area (Å²) in [5.74, 6) is -1.61. The molecule has 2 aromatic carbocycles. The third-order valence-corrected chi connectivity index (χ3v) is 4.57. The maximum atomic E-state index is 13.7. The van der Waals surface area contributed by atoms with Gasteiger partial charge in [-0.1, -0.05) is 12.1 Å². The Hall–Kier alpha value is -3.49. The summed E-state index contributed by atoms with van der Waals surface area (Å²) in [5, 5.41) is 13.2. The molecule has 1 aliphatic heterocycles. The smallest absolute Gasteiger partial charge is 0.272 e. The van der Waals surface area contributed by atoms with E-state index in [4.69, 9.17) is 4.74 Å². The first-order chi connectivity index (χ1) is 13.9. The summed E-state index contributed by atoms with van der Waals surface area (Å²) in [6, 6.07) is 9.92. The Kier molecular flexibility index (Phi) is 6.38. The number of ether oxygens (including phenoxy) is 1. The fourth-order valence-electron chi connectivity index (χ4n) is 2.98. The van der Waals surface area contributed by atoms with Gasteiger partial charge in [0.05, 0.1) is 11.0 Å². The van der Waals surface area contributed by atoms with Crippen LogP contribution in [0.15, 0.2) is 42.5 Å². The number of carbonyl (C=O) groups is 2. The summed E-state index contributed by atoms with van der Waals surface area (Å²) in [7, 11) is 0. The van der Waals surface area contributed by atoms with Gasteiger partial charge in [0.15, 0.2) is 18.2 Å². The molecular weight excluding hydrogens is 381 g/mol. The van der Waals surface area contributed by atoms with E-state index in [1.165, 1.54) is 0 Å². The summed E-state index contributed by atoms with van der Waals surface area (Å²) in [6.07, 6.45) is 2.06.